The van der Waals surface area contributed by atoms with Crippen molar-refractivity contribution in [2.24, 2.45) is 11.7 Å². The van der Waals surface area contributed by atoms with Gasteiger partial charge in [-0.15, -0.1) is 0 Å². The third-order valence-corrected chi connectivity index (χ3v) is 3.41. The van der Waals surface area contributed by atoms with E-state index in [1.165, 1.54) is 5.56 Å². The van der Waals surface area contributed by atoms with Crippen molar-refractivity contribution in [3.8, 4) is 0 Å². The molecule has 0 radical (unpaired) electrons. The number of nitrogens with two attached hydrogens (primary N) is 1. The second kappa shape index (κ2) is 6.71. The molecule has 1 aromatic carbocycles. The summed E-state index contributed by atoms with van der Waals surface area (Å²) >= 11 is 0. The fourth-order valence-electron chi connectivity index (χ4n) is 2.10. The van der Waals surface area contributed by atoms with Gasteiger partial charge in [0.1, 0.15) is 0 Å². The van der Waals surface area contributed by atoms with Crippen LogP contribution in [-0.4, -0.2) is 17.6 Å². The molecule has 0 aliphatic heterocycles. The van der Waals surface area contributed by atoms with Gasteiger partial charge in [0.2, 0.25) is 0 Å². The van der Waals surface area contributed by atoms with Crippen LogP contribution in [0.15, 0.2) is 24.3 Å². The van der Waals surface area contributed by atoms with Crippen LogP contribution >= 0.6 is 0 Å². The highest BCUT2D eigenvalue weighted by Crippen LogP contribution is 2.23. The van der Waals surface area contributed by atoms with Gasteiger partial charge in [0, 0.05) is 0 Å². The SMILES string of the molecule is CC(C)(C)c1ccc(CC(CCCN)C(=O)O)cc1. The van der Waals surface area contributed by atoms with Crippen molar-refractivity contribution in [1.82, 2.24) is 0 Å². The zero-order valence-corrected chi connectivity index (χ0v) is 12.1. The van der Waals surface area contributed by atoms with E-state index in [9.17, 15) is 9.90 Å². The summed E-state index contributed by atoms with van der Waals surface area (Å²) in [6, 6.07) is 8.27. The van der Waals surface area contributed by atoms with Crippen molar-refractivity contribution in [2.75, 3.05) is 6.54 Å². The van der Waals surface area contributed by atoms with Crippen LogP contribution in [0, 0.1) is 5.92 Å². The molecule has 3 nitrogen and oxygen atoms in total. The van der Waals surface area contributed by atoms with Gasteiger partial charge in [-0.3, -0.25) is 4.79 Å². The first-order chi connectivity index (χ1) is 8.84. The summed E-state index contributed by atoms with van der Waals surface area (Å²) < 4.78 is 0. The number of carboxylic acids is 1. The molecule has 0 bridgehead atoms. The Hall–Kier alpha value is -1.35. The van der Waals surface area contributed by atoms with Crippen molar-refractivity contribution in [3.05, 3.63) is 35.4 Å². The van der Waals surface area contributed by atoms with E-state index in [4.69, 9.17) is 5.73 Å². The first-order valence-corrected chi connectivity index (χ1v) is 6.87. The molecule has 0 heterocycles. The summed E-state index contributed by atoms with van der Waals surface area (Å²) in [4.78, 5) is 11.2. The van der Waals surface area contributed by atoms with Crippen LogP contribution < -0.4 is 5.73 Å². The highest BCUT2D eigenvalue weighted by atomic mass is 16.4. The summed E-state index contributed by atoms with van der Waals surface area (Å²) in [6.45, 7) is 7.06. The van der Waals surface area contributed by atoms with Crippen molar-refractivity contribution in [1.29, 1.82) is 0 Å². The van der Waals surface area contributed by atoms with Gasteiger partial charge in [-0.1, -0.05) is 45.0 Å². The van der Waals surface area contributed by atoms with E-state index in [-0.39, 0.29) is 11.3 Å². The Morgan fingerprint density at radius 1 is 1.26 bits per heavy atom. The molecule has 0 spiro atoms. The molecule has 0 saturated carbocycles. The van der Waals surface area contributed by atoms with Crippen LogP contribution in [0.4, 0.5) is 0 Å². The quantitative estimate of drug-likeness (QED) is 0.829. The van der Waals surface area contributed by atoms with E-state index in [0.29, 0.717) is 19.4 Å². The average Bonchev–Trinajstić information content (AvgIpc) is 2.33. The summed E-state index contributed by atoms with van der Waals surface area (Å²) in [5, 5.41) is 9.20. The highest BCUT2D eigenvalue weighted by Gasteiger charge is 2.18. The molecule has 1 unspecified atom stereocenters. The molecule has 3 N–H and O–H groups in total. The van der Waals surface area contributed by atoms with Crippen molar-refractivity contribution < 1.29 is 9.90 Å². The zero-order valence-electron chi connectivity index (χ0n) is 12.1. The Morgan fingerprint density at radius 3 is 2.26 bits per heavy atom. The van der Waals surface area contributed by atoms with E-state index in [2.05, 4.69) is 32.9 Å². The minimum absolute atomic E-state index is 0.129. The predicted molar refractivity (Wildman–Crippen MR) is 78.3 cm³/mol. The fourth-order valence-corrected chi connectivity index (χ4v) is 2.10. The van der Waals surface area contributed by atoms with E-state index in [1.807, 2.05) is 12.1 Å². The Balaban J connectivity index is 2.72. The van der Waals surface area contributed by atoms with E-state index >= 15 is 0 Å². The minimum atomic E-state index is -0.728. The number of aliphatic carboxylic acids is 1. The predicted octanol–water partition coefficient (Wildman–Crippen LogP) is 2.97. The lowest BCUT2D eigenvalue weighted by Crippen LogP contribution is -2.18. The van der Waals surface area contributed by atoms with Crippen LogP contribution in [0.2, 0.25) is 0 Å². The lowest BCUT2D eigenvalue weighted by atomic mass is 9.86. The maximum absolute atomic E-state index is 11.2. The third-order valence-electron chi connectivity index (χ3n) is 3.41. The molecule has 3 heteroatoms. The first kappa shape index (κ1) is 15.7. The molecule has 0 saturated heterocycles. The normalized spacial score (nSPS) is 13.3. The molecule has 0 fully saturated rings. The van der Waals surface area contributed by atoms with Crippen LogP contribution in [0.5, 0.6) is 0 Å². The highest BCUT2D eigenvalue weighted by molar-refractivity contribution is 5.70. The van der Waals surface area contributed by atoms with E-state index < -0.39 is 5.97 Å². The van der Waals surface area contributed by atoms with Gasteiger partial charge in [0.25, 0.3) is 0 Å². The van der Waals surface area contributed by atoms with Crippen LogP contribution in [0.25, 0.3) is 0 Å². The van der Waals surface area contributed by atoms with Gasteiger partial charge in [-0.25, -0.2) is 0 Å². The van der Waals surface area contributed by atoms with Gasteiger partial charge in [-0.05, 0) is 42.3 Å². The summed E-state index contributed by atoms with van der Waals surface area (Å²) in [7, 11) is 0. The maximum atomic E-state index is 11.2. The fraction of sp³-hybridized carbons (Fsp3) is 0.562. The number of carboxylic acid groups (broad SMARTS) is 1. The van der Waals surface area contributed by atoms with E-state index in [1.54, 1.807) is 0 Å². The van der Waals surface area contributed by atoms with Crippen LogP contribution in [0.1, 0.15) is 44.7 Å². The summed E-state index contributed by atoms with van der Waals surface area (Å²) in [6.07, 6.45) is 1.99. The molecular weight excluding hydrogens is 238 g/mol. The molecule has 19 heavy (non-hydrogen) atoms. The second-order valence-electron chi connectivity index (χ2n) is 6.12. The average molecular weight is 263 g/mol. The largest absolute Gasteiger partial charge is 0.481 e. The maximum Gasteiger partial charge on any atom is 0.306 e. The smallest absolute Gasteiger partial charge is 0.306 e. The molecule has 1 rings (SSSR count). The molecule has 106 valence electrons. The molecule has 0 aromatic heterocycles. The van der Waals surface area contributed by atoms with Crippen molar-refractivity contribution in [2.45, 2.75) is 45.4 Å². The zero-order chi connectivity index (χ0) is 14.5. The van der Waals surface area contributed by atoms with E-state index in [0.717, 1.165) is 12.0 Å². The second-order valence-corrected chi connectivity index (χ2v) is 6.12. The summed E-state index contributed by atoms with van der Waals surface area (Å²) in [5.41, 5.74) is 7.92. The number of hydrogen-bond donors (Lipinski definition) is 2. The van der Waals surface area contributed by atoms with Gasteiger partial charge < -0.3 is 10.8 Å². The minimum Gasteiger partial charge on any atom is -0.481 e. The topological polar surface area (TPSA) is 63.3 Å². The lowest BCUT2D eigenvalue weighted by molar-refractivity contribution is -0.141. The van der Waals surface area contributed by atoms with Crippen LogP contribution in [-0.2, 0) is 16.6 Å². The first-order valence-electron chi connectivity index (χ1n) is 6.87. The Morgan fingerprint density at radius 2 is 1.84 bits per heavy atom. The number of benzene rings is 1. The molecule has 1 aromatic rings. The molecule has 0 aliphatic carbocycles. The van der Waals surface area contributed by atoms with Gasteiger partial charge in [0.15, 0.2) is 0 Å². The standard InChI is InChI=1S/C16H25NO2/c1-16(2,3)14-8-6-12(7-9-14)11-13(15(18)19)5-4-10-17/h6-9,13H,4-5,10-11,17H2,1-3H3,(H,18,19). The van der Waals surface area contributed by atoms with Crippen molar-refractivity contribution in [3.63, 3.8) is 0 Å². The van der Waals surface area contributed by atoms with Crippen molar-refractivity contribution >= 4 is 5.97 Å². The number of carbonyl (C=O) groups is 1. The van der Waals surface area contributed by atoms with Gasteiger partial charge in [0.05, 0.1) is 5.92 Å². The Kier molecular flexibility index (Phi) is 5.55. The Bertz CT molecular complexity index is 404. The Labute approximate surface area is 115 Å². The molecule has 1 atom stereocenters. The number of hydrogen-bond acceptors (Lipinski definition) is 2. The summed E-state index contributed by atoms with van der Waals surface area (Å²) in [5.74, 6) is -1.06. The van der Waals surface area contributed by atoms with Gasteiger partial charge in [-0.2, -0.15) is 0 Å². The lowest BCUT2D eigenvalue weighted by Gasteiger charge is -2.19. The molecule has 0 aliphatic rings. The molecule has 0 amide bonds. The molecular formula is C16H25NO2. The number of rotatable bonds is 6. The third kappa shape index (κ3) is 5.03. The monoisotopic (exact) mass is 263 g/mol. The van der Waals surface area contributed by atoms with Crippen LogP contribution in [0.3, 0.4) is 0 Å². The van der Waals surface area contributed by atoms with Gasteiger partial charge >= 0.3 is 5.97 Å².